The third kappa shape index (κ3) is 4.08. The number of ketones is 1. The van der Waals surface area contributed by atoms with Crippen LogP contribution >= 0.6 is 11.8 Å². The Kier molecular flexibility index (Phi) is 3.97. The quantitative estimate of drug-likeness (QED) is 0.564. The van der Waals surface area contributed by atoms with E-state index in [4.69, 9.17) is 0 Å². The van der Waals surface area contributed by atoms with Gasteiger partial charge in [-0.05, 0) is 12.1 Å². The molecule has 1 rings (SSSR count). The van der Waals surface area contributed by atoms with Crippen molar-refractivity contribution in [2.24, 2.45) is 0 Å². The number of benzene rings is 1. The van der Waals surface area contributed by atoms with Crippen molar-refractivity contribution in [1.29, 1.82) is 0 Å². The molecule has 0 amide bonds. The van der Waals surface area contributed by atoms with Crippen LogP contribution in [-0.2, 0) is 0 Å². The summed E-state index contributed by atoms with van der Waals surface area (Å²) in [6.45, 7) is 8.44. The monoisotopic (exact) mass is 222 g/mol. The first kappa shape index (κ1) is 12.3. The molecular weight excluding hydrogens is 204 g/mol. The number of carbonyl (C=O) groups is 1. The Morgan fingerprint density at radius 1 is 1.20 bits per heavy atom. The van der Waals surface area contributed by atoms with E-state index in [1.165, 1.54) is 4.90 Å². The fraction of sp³-hybridized carbons (Fsp3) is 0.462. The fourth-order valence-electron chi connectivity index (χ4n) is 1.27. The van der Waals surface area contributed by atoms with E-state index in [1.807, 2.05) is 43.0 Å². The molecule has 82 valence electrons. The van der Waals surface area contributed by atoms with Crippen molar-refractivity contribution < 1.29 is 4.79 Å². The minimum absolute atomic E-state index is 0.210. The van der Waals surface area contributed by atoms with Crippen molar-refractivity contribution in [3.63, 3.8) is 0 Å². The van der Waals surface area contributed by atoms with Crippen LogP contribution < -0.4 is 0 Å². The van der Waals surface area contributed by atoms with Crippen LogP contribution in [-0.4, -0.2) is 10.5 Å². The lowest BCUT2D eigenvalue weighted by molar-refractivity contribution is 0.0988. The van der Waals surface area contributed by atoms with E-state index in [-0.39, 0.29) is 10.5 Å². The first-order valence-corrected chi connectivity index (χ1v) is 6.06. The lowest BCUT2D eigenvalue weighted by Crippen LogP contribution is -2.06. The first-order chi connectivity index (χ1) is 6.92. The van der Waals surface area contributed by atoms with E-state index in [0.717, 1.165) is 5.56 Å². The number of Topliss-reactive ketones (excluding diaryl/α,β-unsaturated/α-hetero) is 1. The van der Waals surface area contributed by atoms with Gasteiger partial charge in [-0.25, -0.2) is 0 Å². The molecule has 0 heterocycles. The summed E-state index contributed by atoms with van der Waals surface area (Å²) in [6, 6.07) is 7.89. The molecule has 2 heteroatoms. The molecule has 1 aromatic rings. The van der Waals surface area contributed by atoms with Gasteiger partial charge in [-0.2, -0.15) is 0 Å². The second-order valence-electron chi connectivity index (χ2n) is 4.52. The Hall–Kier alpha value is -0.760. The highest BCUT2D eigenvalue weighted by molar-refractivity contribution is 8.00. The number of thioether (sulfide) groups is 1. The standard InChI is InChI=1S/C13H18OS/c1-5-12(14)10-6-8-11(9-7-10)15-13(2,3)4/h6-9H,5H2,1-4H3. The first-order valence-electron chi connectivity index (χ1n) is 5.24. The van der Waals surface area contributed by atoms with Gasteiger partial charge in [0.15, 0.2) is 5.78 Å². The summed E-state index contributed by atoms with van der Waals surface area (Å²) in [5.41, 5.74) is 0.816. The largest absolute Gasteiger partial charge is 0.294 e. The van der Waals surface area contributed by atoms with Gasteiger partial charge in [0.1, 0.15) is 0 Å². The molecule has 0 bridgehead atoms. The lowest BCUT2D eigenvalue weighted by atomic mass is 10.1. The molecule has 1 aromatic carbocycles. The van der Waals surface area contributed by atoms with Gasteiger partial charge in [-0.3, -0.25) is 4.79 Å². The molecule has 0 spiro atoms. The maximum Gasteiger partial charge on any atom is 0.162 e. The number of carbonyl (C=O) groups excluding carboxylic acids is 1. The van der Waals surface area contributed by atoms with Gasteiger partial charge in [0.25, 0.3) is 0 Å². The Balaban J connectivity index is 2.77. The zero-order valence-electron chi connectivity index (χ0n) is 9.83. The van der Waals surface area contributed by atoms with Crippen LogP contribution in [0.4, 0.5) is 0 Å². The van der Waals surface area contributed by atoms with Gasteiger partial charge in [-0.1, -0.05) is 39.8 Å². The van der Waals surface area contributed by atoms with Crippen LogP contribution in [0.1, 0.15) is 44.5 Å². The van der Waals surface area contributed by atoms with Crippen LogP contribution in [0, 0.1) is 0 Å². The van der Waals surface area contributed by atoms with E-state index in [2.05, 4.69) is 20.8 Å². The molecule has 0 saturated heterocycles. The summed E-state index contributed by atoms with van der Waals surface area (Å²) in [5.74, 6) is 0.210. The molecule has 0 aliphatic heterocycles. The average molecular weight is 222 g/mol. The second kappa shape index (κ2) is 4.84. The highest BCUT2D eigenvalue weighted by Crippen LogP contribution is 2.31. The van der Waals surface area contributed by atoms with Crippen LogP contribution in [0.5, 0.6) is 0 Å². The van der Waals surface area contributed by atoms with Crippen LogP contribution in [0.25, 0.3) is 0 Å². The van der Waals surface area contributed by atoms with E-state index in [1.54, 1.807) is 0 Å². The number of rotatable bonds is 3. The third-order valence-corrected chi connectivity index (χ3v) is 3.04. The maximum absolute atomic E-state index is 11.4. The van der Waals surface area contributed by atoms with E-state index in [0.29, 0.717) is 6.42 Å². The molecule has 0 aromatic heterocycles. The fourth-order valence-corrected chi connectivity index (χ4v) is 2.25. The van der Waals surface area contributed by atoms with Crippen LogP contribution in [0.2, 0.25) is 0 Å². The van der Waals surface area contributed by atoms with Crippen molar-refractivity contribution >= 4 is 17.5 Å². The maximum atomic E-state index is 11.4. The third-order valence-electron chi connectivity index (χ3n) is 1.92. The summed E-state index contributed by atoms with van der Waals surface area (Å²) in [6.07, 6.45) is 0.575. The second-order valence-corrected chi connectivity index (χ2v) is 6.42. The normalized spacial score (nSPS) is 11.5. The van der Waals surface area contributed by atoms with Crippen molar-refractivity contribution in [1.82, 2.24) is 0 Å². The van der Waals surface area contributed by atoms with E-state index >= 15 is 0 Å². The highest BCUT2D eigenvalue weighted by Gasteiger charge is 2.12. The summed E-state index contributed by atoms with van der Waals surface area (Å²) in [7, 11) is 0. The number of hydrogen-bond acceptors (Lipinski definition) is 2. The SMILES string of the molecule is CCC(=O)c1ccc(SC(C)(C)C)cc1. The van der Waals surface area contributed by atoms with Crippen molar-refractivity contribution in [2.45, 2.75) is 43.8 Å². The highest BCUT2D eigenvalue weighted by atomic mass is 32.2. The van der Waals surface area contributed by atoms with Gasteiger partial charge in [0, 0.05) is 21.6 Å². The summed E-state index contributed by atoms with van der Waals surface area (Å²) in [4.78, 5) is 12.6. The Morgan fingerprint density at radius 2 is 1.73 bits per heavy atom. The smallest absolute Gasteiger partial charge is 0.162 e. The summed E-state index contributed by atoms with van der Waals surface area (Å²) < 4.78 is 0.219. The molecule has 1 nitrogen and oxygen atoms in total. The predicted octanol–water partition coefficient (Wildman–Crippen LogP) is 4.17. The molecule has 0 aliphatic carbocycles. The Morgan fingerprint density at radius 3 is 2.13 bits per heavy atom. The zero-order chi connectivity index (χ0) is 11.5. The van der Waals surface area contributed by atoms with E-state index < -0.39 is 0 Å². The lowest BCUT2D eigenvalue weighted by Gasteiger charge is -2.17. The molecule has 0 fully saturated rings. The minimum Gasteiger partial charge on any atom is -0.294 e. The van der Waals surface area contributed by atoms with Crippen molar-refractivity contribution in [3.8, 4) is 0 Å². The predicted molar refractivity (Wildman–Crippen MR) is 66.7 cm³/mol. The molecule has 15 heavy (non-hydrogen) atoms. The summed E-state index contributed by atoms with van der Waals surface area (Å²) >= 11 is 1.82. The Bertz CT molecular complexity index is 333. The molecule has 0 atom stereocenters. The topological polar surface area (TPSA) is 17.1 Å². The molecule has 0 unspecified atom stereocenters. The average Bonchev–Trinajstić information content (AvgIpc) is 2.15. The minimum atomic E-state index is 0.210. The molecule has 0 saturated carbocycles. The molecule has 0 N–H and O–H groups in total. The van der Waals surface area contributed by atoms with Gasteiger partial charge < -0.3 is 0 Å². The van der Waals surface area contributed by atoms with Gasteiger partial charge in [-0.15, -0.1) is 11.8 Å². The van der Waals surface area contributed by atoms with Gasteiger partial charge in [0.2, 0.25) is 0 Å². The molecular formula is C13H18OS. The van der Waals surface area contributed by atoms with Crippen LogP contribution in [0.15, 0.2) is 29.2 Å². The Labute approximate surface area is 96.3 Å². The van der Waals surface area contributed by atoms with E-state index in [9.17, 15) is 4.79 Å². The molecule has 0 radical (unpaired) electrons. The van der Waals surface area contributed by atoms with Gasteiger partial charge >= 0.3 is 0 Å². The van der Waals surface area contributed by atoms with Crippen molar-refractivity contribution in [3.05, 3.63) is 29.8 Å². The molecule has 0 aliphatic rings. The zero-order valence-corrected chi connectivity index (χ0v) is 10.6. The van der Waals surface area contributed by atoms with Crippen LogP contribution in [0.3, 0.4) is 0 Å². The summed E-state index contributed by atoms with van der Waals surface area (Å²) in [5, 5.41) is 0. The van der Waals surface area contributed by atoms with Crippen molar-refractivity contribution in [2.75, 3.05) is 0 Å². The number of hydrogen-bond donors (Lipinski definition) is 0. The van der Waals surface area contributed by atoms with Gasteiger partial charge in [0.05, 0.1) is 0 Å².